The number of rotatable bonds is 10. The standard InChI is InChI=1S/C29H30FNO5/c1-18(16-33-3)36-27(32)15-21-7-4-5-10-26(21)35-17-20-13-22-11-12-34-29(22)25(14-20)24-9-6-8-23(19(2)31)28(24)30/h4-14,18-19H,15-17,31H2,1-3H3/t18?,19-/m1/s1. The van der Waals surface area contributed by atoms with Gasteiger partial charge in [0.15, 0.2) is 0 Å². The van der Waals surface area contributed by atoms with E-state index in [0.29, 0.717) is 40.2 Å². The summed E-state index contributed by atoms with van der Waals surface area (Å²) in [6.07, 6.45) is 1.32. The first kappa shape index (κ1) is 25.4. The summed E-state index contributed by atoms with van der Waals surface area (Å²) in [5.74, 6) is -0.148. The molecule has 1 heterocycles. The van der Waals surface area contributed by atoms with Crippen LogP contribution in [-0.4, -0.2) is 25.8 Å². The smallest absolute Gasteiger partial charge is 0.310 e. The molecule has 1 unspecified atom stereocenters. The molecule has 0 spiro atoms. The molecule has 0 amide bonds. The second-order valence-corrected chi connectivity index (χ2v) is 8.81. The second kappa shape index (κ2) is 11.4. The summed E-state index contributed by atoms with van der Waals surface area (Å²) < 4.78 is 37.5. The van der Waals surface area contributed by atoms with Crippen molar-refractivity contribution in [2.75, 3.05) is 13.7 Å². The molecule has 0 saturated heterocycles. The Kier molecular flexibility index (Phi) is 8.03. The van der Waals surface area contributed by atoms with Crippen LogP contribution in [0.2, 0.25) is 0 Å². The highest BCUT2D eigenvalue weighted by atomic mass is 19.1. The molecule has 4 rings (SSSR count). The van der Waals surface area contributed by atoms with E-state index in [1.807, 2.05) is 42.5 Å². The van der Waals surface area contributed by atoms with Gasteiger partial charge in [0.05, 0.1) is 19.3 Å². The Morgan fingerprint density at radius 2 is 1.86 bits per heavy atom. The molecule has 188 valence electrons. The molecule has 0 aliphatic carbocycles. The Morgan fingerprint density at radius 1 is 1.06 bits per heavy atom. The van der Waals surface area contributed by atoms with Crippen LogP contribution in [-0.2, 0) is 27.3 Å². The van der Waals surface area contributed by atoms with Gasteiger partial charge in [-0.05, 0) is 43.7 Å². The number of ether oxygens (including phenoxy) is 3. The van der Waals surface area contributed by atoms with Crippen LogP contribution in [0.15, 0.2) is 71.3 Å². The van der Waals surface area contributed by atoms with Crippen LogP contribution in [0, 0.1) is 5.82 Å². The lowest BCUT2D eigenvalue weighted by Crippen LogP contribution is -2.21. The number of carbonyl (C=O) groups excluding carboxylic acids is 1. The van der Waals surface area contributed by atoms with Gasteiger partial charge in [-0.2, -0.15) is 0 Å². The van der Waals surface area contributed by atoms with E-state index in [0.717, 1.165) is 10.9 Å². The summed E-state index contributed by atoms with van der Waals surface area (Å²) in [5.41, 5.74) is 9.58. The molecule has 3 aromatic carbocycles. The van der Waals surface area contributed by atoms with E-state index in [9.17, 15) is 4.79 Å². The van der Waals surface area contributed by atoms with Crippen molar-refractivity contribution in [1.82, 2.24) is 0 Å². The minimum Gasteiger partial charge on any atom is -0.489 e. The van der Waals surface area contributed by atoms with Gasteiger partial charge in [-0.25, -0.2) is 4.39 Å². The first-order valence-corrected chi connectivity index (χ1v) is 11.8. The van der Waals surface area contributed by atoms with E-state index in [1.165, 1.54) is 0 Å². The molecule has 7 heteroatoms. The highest BCUT2D eigenvalue weighted by Crippen LogP contribution is 2.35. The molecule has 1 aromatic heterocycles. The lowest BCUT2D eigenvalue weighted by atomic mass is 9.96. The first-order chi connectivity index (χ1) is 17.4. The molecule has 2 N–H and O–H groups in total. The van der Waals surface area contributed by atoms with E-state index in [4.69, 9.17) is 24.4 Å². The molecule has 0 bridgehead atoms. The van der Waals surface area contributed by atoms with Crippen molar-refractivity contribution >= 4 is 16.9 Å². The number of fused-ring (bicyclic) bond motifs is 1. The van der Waals surface area contributed by atoms with Gasteiger partial charge in [0.25, 0.3) is 0 Å². The summed E-state index contributed by atoms with van der Waals surface area (Å²) in [7, 11) is 1.56. The third-order valence-electron chi connectivity index (χ3n) is 5.86. The van der Waals surface area contributed by atoms with Crippen molar-refractivity contribution in [3.8, 4) is 16.9 Å². The molecule has 0 saturated carbocycles. The van der Waals surface area contributed by atoms with Gasteiger partial charge in [0, 0.05) is 40.8 Å². The zero-order valence-electron chi connectivity index (χ0n) is 20.6. The van der Waals surface area contributed by atoms with Crippen molar-refractivity contribution in [3.05, 3.63) is 89.4 Å². The Balaban J connectivity index is 1.58. The maximum Gasteiger partial charge on any atom is 0.310 e. The number of nitrogens with two attached hydrogens (primary N) is 1. The van der Waals surface area contributed by atoms with Gasteiger partial charge in [0.2, 0.25) is 0 Å². The number of methoxy groups -OCH3 is 1. The second-order valence-electron chi connectivity index (χ2n) is 8.81. The lowest BCUT2D eigenvalue weighted by molar-refractivity contribution is -0.149. The van der Waals surface area contributed by atoms with Crippen molar-refractivity contribution in [2.24, 2.45) is 5.73 Å². The van der Waals surface area contributed by atoms with Crippen LogP contribution < -0.4 is 10.5 Å². The molecular weight excluding hydrogens is 461 g/mol. The van der Waals surface area contributed by atoms with Gasteiger partial charge in [-0.15, -0.1) is 0 Å². The zero-order valence-corrected chi connectivity index (χ0v) is 20.6. The number of halogens is 1. The fourth-order valence-electron chi connectivity index (χ4n) is 4.18. The van der Waals surface area contributed by atoms with Gasteiger partial charge in [0.1, 0.15) is 29.9 Å². The molecule has 0 radical (unpaired) electrons. The number of benzene rings is 3. The minimum atomic E-state index is -0.441. The molecule has 6 nitrogen and oxygen atoms in total. The fraction of sp³-hybridized carbons (Fsp3) is 0.276. The average Bonchev–Trinajstić information content (AvgIpc) is 3.32. The van der Waals surface area contributed by atoms with Gasteiger partial charge < -0.3 is 24.4 Å². The van der Waals surface area contributed by atoms with Crippen LogP contribution in [0.4, 0.5) is 4.39 Å². The topological polar surface area (TPSA) is 83.9 Å². The Labute approximate surface area is 209 Å². The molecule has 0 fully saturated rings. The number of furan rings is 1. The maximum absolute atomic E-state index is 15.3. The largest absolute Gasteiger partial charge is 0.489 e. The lowest BCUT2D eigenvalue weighted by Gasteiger charge is -2.15. The molecular formula is C29H30FNO5. The van der Waals surface area contributed by atoms with Crippen LogP contribution in [0.25, 0.3) is 22.1 Å². The number of carbonyl (C=O) groups is 1. The number of para-hydroxylation sites is 1. The molecule has 4 aromatic rings. The summed E-state index contributed by atoms with van der Waals surface area (Å²) in [5, 5.41) is 0.834. The predicted molar refractivity (Wildman–Crippen MR) is 136 cm³/mol. The Morgan fingerprint density at radius 3 is 2.64 bits per heavy atom. The highest BCUT2D eigenvalue weighted by Gasteiger charge is 2.18. The van der Waals surface area contributed by atoms with Crippen molar-refractivity contribution in [3.63, 3.8) is 0 Å². The monoisotopic (exact) mass is 491 g/mol. The molecule has 2 atom stereocenters. The van der Waals surface area contributed by atoms with Crippen LogP contribution in [0.3, 0.4) is 0 Å². The first-order valence-electron chi connectivity index (χ1n) is 11.8. The Hall–Kier alpha value is -3.68. The summed E-state index contributed by atoms with van der Waals surface area (Å²) >= 11 is 0. The third-order valence-corrected chi connectivity index (χ3v) is 5.86. The highest BCUT2D eigenvalue weighted by molar-refractivity contribution is 5.93. The summed E-state index contributed by atoms with van der Waals surface area (Å²) in [6.45, 7) is 4.08. The van der Waals surface area contributed by atoms with E-state index < -0.39 is 6.04 Å². The van der Waals surface area contributed by atoms with Crippen LogP contribution >= 0.6 is 0 Å². The van der Waals surface area contributed by atoms with Crippen molar-refractivity contribution in [1.29, 1.82) is 0 Å². The van der Waals surface area contributed by atoms with Gasteiger partial charge in [-0.1, -0.05) is 36.4 Å². The fourth-order valence-corrected chi connectivity index (χ4v) is 4.18. The van der Waals surface area contributed by atoms with E-state index in [1.54, 1.807) is 45.4 Å². The molecule has 0 aliphatic heterocycles. The molecule has 36 heavy (non-hydrogen) atoms. The number of hydrogen-bond donors (Lipinski definition) is 1. The predicted octanol–water partition coefficient (Wildman–Crippen LogP) is 5.96. The maximum atomic E-state index is 15.3. The van der Waals surface area contributed by atoms with Crippen LogP contribution in [0.1, 0.15) is 36.6 Å². The zero-order chi connectivity index (χ0) is 25.7. The van der Waals surface area contributed by atoms with Crippen molar-refractivity contribution in [2.45, 2.75) is 39.0 Å². The third kappa shape index (κ3) is 5.75. The molecule has 0 aliphatic rings. The Bertz CT molecular complexity index is 1350. The van der Waals surface area contributed by atoms with Crippen LogP contribution in [0.5, 0.6) is 5.75 Å². The van der Waals surface area contributed by atoms with E-state index in [-0.39, 0.29) is 30.9 Å². The van der Waals surface area contributed by atoms with Gasteiger partial charge >= 0.3 is 5.97 Å². The van der Waals surface area contributed by atoms with E-state index in [2.05, 4.69) is 0 Å². The quantitative estimate of drug-likeness (QED) is 0.276. The SMILES string of the molecule is COCC(C)OC(=O)Cc1ccccc1OCc1cc(-c2cccc([C@@H](C)N)c2F)c2occc2c1. The van der Waals surface area contributed by atoms with Crippen molar-refractivity contribution < 1.29 is 27.8 Å². The summed E-state index contributed by atoms with van der Waals surface area (Å²) in [6, 6.07) is 17.7. The number of hydrogen-bond acceptors (Lipinski definition) is 6. The minimum absolute atomic E-state index is 0.0749. The summed E-state index contributed by atoms with van der Waals surface area (Å²) in [4.78, 5) is 12.4. The average molecular weight is 492 g/mol. The van der Waals surface area contributed by atoms with E-state index >= 15 is 4.39 Å². The number of esters is 1. The van der Waals surface area contributed by atoms with Gasteiger partial charge in [-0.3, -0.25) is 4.79 Å². The normalized spacial score (nSPS) is 12.9.